The smallest absolute Gasteiger partial charge is 0.346 e. The molecule has 0 fully saturated rings. The normalized spacial score (nSPS) is 14.9. The first kappa shape index (κ1) is 8.51. The Morgan fingerprint density at radius 3 is 3.07 bits per heavy atom. The summed E-state index contributed by atoms with van der Waals surface area (Å²) in [6, 6.07) is -0.376. The SMILES string of the molecule is CN1NNc2c(C(=N)[O-])ncn2C1=O. The summed E-state index contributed by atoms with van der Waals surface area (Å²) in [4.78, 5) is 15.1. The molecule has 2 rings (SSSR count). The number of fused-ring (bicyclic) bond motifs is 1. The first-order valence-electron chi connectivity index (χ1n) is 3.74. The first-order valence-corrected chi connectivity index (χ1v) is 3.74. The molecule has 1 aromatic rings. The fraction of sp³-hybridized carbons (Fsp3) is 0.167. The average Bonchev–Trinajstić information content (AvgIpc) is 2.55. The molecule has 0 atom stereocenters. The van der Waals surface area contributed by atoms with E-state index in [1.54, 1.807) is 0 Å². The molecule has 1 amide bonds. The first-order chi connectivity index (χ1) is 6.61. The molecule has 0 aromatic carbocycles. The van der Waals surface area contributed by atoms with Crippen LogP contribution in [0.2, 0.25) is 0 Å². The Balaban J connectivity index is 2.51. The molecule has 0 unspecified atom stereocenters. The second-order valence-corrected chi connectivity index (χ2v) is 2.72. The predicted octanol–water partition coefficient (Wildman–Crippen LogP) is -1.69. The number of aromatic nitrogens is 2. The highest BCUT2D eigenvalue weighted by Gasteiger charge is 2.23. The fourth-order valence-electron chi connectivity index (χ4n) is 1.13. The van der Waals surface area contributed by atoms with Crippen molar-refractivity contribution < 1.29 is 9.90 Å². The van der Waals surface area contributed by atoms with Crippen molar-refractivity contribution in [3.63, 3.8) is 0 Å². The molecule has 2 heterocycles. The van der Waals surface area contributed by atoms with Crippen molar-refractivity contribution >= 4 is 17.7 Å². The second kappa shape index (κ2) is 2.70. The van der Waals surface area contributed by atoms with Gasteiger partial charge >= 0.3 is 6.03 Å². The van der Waals surface area contributed by atoms with Gasteiger partial charge in [0, 0.05) is 12.9 Å². The molecule has 0 saturated carbocycles. The molecule has 0 radical (unpaired) electrons. The summed E-state index contributed by atoms with van der Waals surface area (Å²) in [5.41, 5.74) is 5.01. The van der Waals surface area contributed by atoms with Crippen LogP contribution >= 0.6 is 0 Å². The fourth-order valence-corrected chi connectivity index (χ4v) is 1.13. The van der Waals surface area contributed by atoms with Gasteiger partial charge in [0.15, 0.2) is 5.82 Å². The summed E-state index contributed by atoms with van der Waals surface area (Å²) >= 11 is 0. The van der Waals surface area contributed by atoms with Crippen LogP contribution in [0, 0.1) is 5.41 Å². The molecule has 0 saturated heterocycles. The van der Waals surface area contributed by atoms with Crippen LogP contribution < -0.4 is 16.1 Å². The molecule has 74 valence electrons. The number of hydrogen-bond acceptors (Lipinski definition) is 6. The predicted molar refractivity (Wildman–Crippen MR) is 44.4 cm³/mol. The lowest BCUT2D eigenvalue weighted by Crippen LogP contribution is -2.50. The van der Waals surface area contributed by atoms with Crippen molar-refractivity contribution in [3.05, 3.63) is 12.0 Å². The Morgan fingerprint density at radius 1 is 1.71 bits per heavy atom. The third kappa shape index (κ3) is 1.01. The van der Waals surface area contributed by atoms with Gasteiger partial charge in [-0.3, -0.25) is 5.43 Å². The van der Waals surface area contributed by atoms with Gasteiger partial charge in [-0.15, -0.1) is 5.53 Å². The van der Waals surface area contributed by atoms with Gasteiger partial charge in [0.05, 0.1) is 0 Å². The minimum Gasteiger partial charge on any atom is -0.858 e. The molecule has 0 aliphatic carbocycles. The maximum atomic E-state index is 11.4. The highest BCUT2D eigenvalue weighted by molar-refractivity contribution is 5.95. The van der Waals surface area contributed by atoms with E-state index >= 15 is 0 Å². The maximum Gasteiger partial charge on any atom is 0.346 e. The van der Waals surface area contributed by atoms with Gasteiger partial charge in [-0.1, -0.05) is 0 Å². The van der Waals surface area contributed by atoms with Crippen LogP contribution in [0.4, 0.5) is 10.6 Å². The van der Waals surface area contributed by atoms with Crippen LogP contribution in [-0.4, -0.2) is 33.5 Å². The van der Waals surface area contributed by atoms with E-state index in [1.165, 1.54) is 18.4 Å². The van der Waals surface area contributed by atoms with Crippen molar-refractivity contribution in [2.75, 3.05) is 12.5 Å². The highest BCUT2D eigenvalue weighted by Crippen LogP contribution is 2.15. The third-order valence-electron chi connectivity index (χ3n) is 1.82. The van der Waals surface area contributed by atoms with Crippen LogP contribution in [0.1, 0.15) is 5.69 Å². The van der Waals surface area contributed by atoms with E-state index in [0.717, 1.165) is 4.57 Å². The monoisotopic (exact) mass is 195 g/mol. The zero-order valence-electron chi connectivity index (χ0n) is 7.24. The average molecular weight is 195 g/mol. The van der Waals surface area contributed by atoms with Crippen molar-refractivity contribution in [3.8, 4) is 0 Å². The minimum absolute atomic E-state index is 0.0843. The molecular weight excluding hydrogens is 188 g/mol. The summed E-state index contributed by atoms with van der Waals surface area (Å²) in [5.74, 6) is -0.751. The number of hydrogen-bond donors (Lipinski definition) is 3. The van der Waals surface area contributed by atoms with Gasteiger partial charge in [-0.05, 0) is 0 Å². The second-order valence-electron chi connectivity index (χ2n) is 2.72. The van der Waals surface area contributed by atoms with E-state index in [4.69, 9.17) is 5.41 Å². The van der Waals surface area contributed by atoms with E-state index in [9.17, 15) is 9.90 Å². The van der Waals surface area contributed by atoms with E-state index in [-0.39, 0.29) is 17.5 Å². The lowest BCUT2D eigenvalue weighted by atomic mass is 10.4. The molecule has 3 N–H and O–H groups in total. The van der Waals surface area contributed by atoms with E-state index in [0.29, 0.717) is 0 Å². The van der Waals surface area contributed by atoms with Gasteiger partial charge < -0.3 is 10.5 Å². The summed E-state index contributed by atoms with van der Waals surface area (Å²) in [6.07, 6.45) is 1.20. The molecule has 8 heteroatoms. The molecule has 0 bridgehead atoms. The number of carbonyl (C=O) groups is 1. The largest absolute Gasteiger partial charge is 0.858 e. The van der Waals surface area contributed by atoms with Crippen LogP contribution in [0.15, 0.2) is 6.33 Å². The summed E-state index contributed by atoms with van der Waals surface area (Å²) in [6.45, 7) is 0. The number of carbonyl (C=O) groups excluding carboxylic acids is 1. The summed E-state index contributed by atoms with van der Waals surface area (Å²) < 4.78 is 1.15. The zero-order chi connectivity index (χ0) is 10.3. The zero-order valence-corrected chi connectivity index (χ0v) is 7.24. The maximum absolute atomic E-state index is 11.4. The molecular formula is C6H7N6O2-. The van der Waals surface area contributed by atoms with Gasteiger partial charge in [0.2, 0.25) is 0 Å². The van der Waals surface area contributed by atoms with Crippen molar-refractivity contribution in [1.82, 2.24) is 20.1 Å². The Kier molecular flexibility index (Phi) is 1.64. The standard InChI is InChI=1S/C6H8N6O2/c1-11-6(14)12-2-8-3(4(7)13)5(12)9-10-11/h2,9-10H,1H3,(H2,7,13)/p-1. The molecule has 14 heavy (non-hydrogen) atoms. The lowest BCUT2D eigenvalue weighted by Gasteiger charge is -2.26. The number of imidazole rings is 1. The topological polar surface area (TPSA) is 109 Å². The number of hydrazine groups is 2. The van der Waals surface area contributed by atoms with Crippen LogP contribution in [0.25, 0.3) is 0 Å². The van der Waals surface area contributed by atoms with Crippen LogP contribution in [0.5, 0.6) is 0 Å². The Hall–Kier alpha value is -2.09. The van der Waals surface area contributed by atoms with Gasteiger partial charge in [0.1, 0.15) is 12.0 Å². The Bertz CT molecular complexity index is 410. The van der Waals surface area contributed by atoms with Crippen molar-refractivity contribution in [1.29, 1.82) is 5.41 Å². The highest BCUT2D eigenvalue weighted by atomic mass is 16.3. The van der Waals surface area contributed by atoms with E-state index in [2.05, 4.69) is 15.9 Å². The number of rotatable bonds is 1. The lowest BCUT2D eigenvalue weighted by molar-refractivity contribution is -0.214. The number of nitrogens with one attached hydrogen (secondary N) is 3. The third-order valence-corrected chi connectivity index (χ3v) is 1.82. The summed E-state index contributed by atoms with van der Waals surface area (Å²) in [5, 5.41) is 18.8. The van der Waals surface area contributed by atoms with Crippen molar-refractivity contribution in [2.24, 2.45) is 0 Å². The molecule has 1 aromatic heterocycles. The number of anilines is 1. The molecule has 8 nitrogen and oxygen atoms in total. The van der Waals surface area contributed by atoms with Gasteiger partial charge in [0.25, 0.3) is 0 Å². The minimum atomic E-state index is -0.939. The number of nitrogens with zero attached hydrogens (tertiary/aromatic N) is 3. The molecule has 1 aliphatic rings. The van der Waals surface area contributed by atoms with E-state index in [1.807, 2.05) is 0 Å². The van der Waals surface area contributed by atoms with Crippen LogP contribution in [0.3, 0.4) is 0 Å². The molecule has 0 spiro atoms. The van der Waals surface area contributed by atoms with Gasteiger partial charge in [-0.2, -0.15) is 0 Å². The number of amides is 1. The van der Waals surface area contributed by atoms with Crippen LogP contribution in [-0.2, 0) is 0 Å². The summed E-state index contributed by atoms with van der Waals surface area (Å²) in [7, 11) is 1.51. The van der Waals surface area contributed by atoms with Gasteiger partial charge in [-0.25, -0.2) is 19.4 Å². The Morgan fingerprint density at radius 2 is 2.43 bits per heavy atom. The Labute approximate surface area is 78.6 Å². The van der Waals surface area contributed by atoms with Crippen molar-refractivity contribution in [2.45, 2.75) is 0 Å². The molecule has 1 aliphatic heterocycles. The quantitative estimate of drug-likeness (QED) is 0.366. The van der Waals surface area contributed by atoms with E-state index < -0.39 is 5.90 Å².